The molecule has 0 aromatic rings. The lowest BCUT2D eigenvalue weighted by Gasteiger charge is -2.23. The fourth-order valence-electron chi connectivity index (χ4n) is 1.90. The maximum Gasteiger partial charge on any atom is 0.407 e. The van der Waals surface area contributed by atoms with Crippen molar-refractivity contribution in [1.82, 2.24) is 5.32 Å². The molecule has 0 unspecified atom stereocenters. The highest BCUT2D eigenvalue weighted by Crippen LogP contribution is 2.11. The molecular weight excluding hydrogens is 258 g/mol. The van der Waals surface area contributed by atoms with Gasteiger partial charge in [0.25, 0.3) is 0 Å². The fourth-order valence-corrected chi connectivity index (χ4v) is 1.90. The third-order valence-corrected chi connectivity index (χ3v) is 2.80. The van der Waals surface area contributed by atoms with E-state index in [1.807, 2.05) is 0 Å². The normalized spacial score (nSPS) is 12.8. The van der Waals surface area contributed by atoms with E-state index in [2.05, 4.69) is 12.2 Å². The van der Waals surface area contributed by atoms with Crippen molar-refractivity contribution in [2.75, 3.05) is 0 Å². The monoisotopic (exact) mass is 287 g/mol. The molecule has 20 heavy (non-hydrogen) atoms. The molecule has 0 aliphatic rings. The molecule has 5 heteroatoms. The van der Waals surface area contributed by atoms with Crippen LogP contribution in [0.25, 0.3) is 0 Å². The van der Waals surface area contributed by atoms with Gasteiger partial charge >= 0.3 is 12.1 Å². The molecule has 0 aromatic heterocycles. The number of hydrogen-bond acceptors (Lipinski definition) is 3. The van der Waals surface area contributed by atoms with Crippen LogP contribution in [0, 0.1) is 0 Å². The molecule has 0 aliphatic carbocycles. The van der Waals surface area contributed by atoms with Crippen molar-refractivity contribution in [3.63, 3.8) is 0 Å². The summed E-state index contributed by atoms with van der Waals surface area (Å²) in [4.78, 5) is 22.5. The molecule has 0 heterocycles. The van der Waals surface area contributed by atoms with Crippen LogP contribution in [0.4, 0.5) is 4.79 Å². The van der Waals surface area contributed by atoms with Crippen LogP contribution in [-0.4, -0.2) is 28.8 Å². The van der Waals surface area contributed by atoms with Crippen molar-refractivity contribution in [1.29, 1.82) is 0 Å². The Morgan fingerprint density at radius 3 is 2.25 bits per heavy atom. The van der Waals surface area contributed by atoms with Gasteiger partial charge in [0.15, 0.2) is 0 Å². The second-order valence-corrected chi connectivity index (χ2v) is 6.14. The molecule has 0 radical (unpaired) electrons. The third-order valence-electron chi connectivity index (χ3n) is 2.80. The summed E-state index contributed by atoms with van der Waals surface area (Å²) in [5.74, 6) is -0.903. The lowest BCUT2D eigenvalue weighted by atomic mass is 10.0. The predicted molar refractivity (Wildman–Crippen MR) is 78.8 cm³/mol. The molecule has 0 saturated carbocycles. The van der Waals surface area contributed by atoms with Crippen LogP contribution >= 0.6 is 0 Å². The number of rotatable bonds is 9. The van der Waals surface area contributed by atoms with E-state index in [-0.39, 0.29) is 12.5 Å². The van der Waals surface area contributed by atoms with Gasteiger partial charge in [-0.05, 0) is 27.2 Å². The zero-order valence-corrected chi connectivity index (χ0v) is 13.2. The molecule has 0 spiro atoms. The minimum atomic E-state index is -0.903. The van der Waals surface area contributed by atoms with Gasteiger partial charge < -0.3 is 15.2 Å². The fraction of sp³-hybridized carbons (Fsp3) is 0.867. The Balaban J connectivity index is 4.14. The van der Waals surface area contributed by atoms with Crippen LogP contribution in [0.1, 0.15) is 72.6 Å². The summed E-state index contributed by atoms with van der Waals surface area (Å²) in [6.07, 6.45) is 5.59. The number of nitrogens with one attached hydrogen (secondary N) is 1. The number of carboxylic acids is 1. The predicted octanol–water partition coefficient (Wildman–Crippen LogP) is 3.71. The number of ether oxygens (including phenoxy) is 1. The average molecular weight is 287 g/mol. The van der Waals surface area contributed by atoms with Crippen LogP contribution in [0.3, 0.4) is 0 Å². The summed E-state index contributed by atoms with van der Waals surface area (Å²) < 4.78 is 5.15. The number of carboxylic acid groups (broad SMARTS) is 1. The van der Waals surface area contributed by atoms with Crippen LogP contribution in [0.15, 0.2) is 0 Å². The first-order valence-electron chi connectivity index (χ1n) is 7.46. The zero-order chi connectivity index (χ0) is 15.6. The lowest BCUT2D eigenvalue weighted by Crippen LogP contribution is -2.40. The van der Waals surface area contributed by atoms with Crippen molar-refractivity contribution >= 4 is 12.1 Å². The highest BCUT2D eigenvalue weighted by atomic mass is 16.6. The molecule has 0 saturated heterocycles. The number of amides is 1. The van der Waals surface area contributed by atoms with E-state index in [1.54, 1.807) is 20.8 Å². The van der Waals surface area contributed by atoms with Crippen molar-refractivity contribution < 1.29 is 19.4 Å². The first-order valence-corrected chi connectivity index (χ1v) is 7.46. The van der Waals surface area contributed by atoms with Gasteiger partial charge in [0.2, 0.25) is 0 Å². The quantitative estimate of drug-likeness (QED) is 0.634. The Labute approximate surface area is 122 Å². The van der Waals surface area contributed by atoms with Crippen LogP contribution in [-0.2, 0) is 9.53 Å². The van der Waals surface area contributed by atoms with Crippen LogP contribution < -0.4 is 5.32 Å². The van der Waals surface area contributed by atoms with Gasteiger partial charge in [-0.1, -0.05) is 39.0 Å². The summed E-state index contributed by atoms with van der Waals surface area (Å²) in [5.41, 5.74) is -0.570. The Morgan fingerprint density at radius 2 is 1.75 bits per heavy atom. The maximum absolute atomic E-state index is 11.7. The van der Waals surface area contributed by atoms with Gasteiger partial charge in [-0.25, -0.2) is 4.79 Å². The second kappa shape index (κ2) is 9.61. The molecular formula is C15H29NO4. The van der Waals surface area contributed by atoms with Crippen LogP contribution in [0.2, 0.25) is 0 Å². The molecule has 0 bridgehead atoms. The van der Waals surface area contributed by atoms with E-state index in [0.29, 0.717) is 6.42 Å². The Kier molecular flexibility index (Phi) is 9.01. The van der Waals surface area contributed by atoms with E-state index in [9.17, 15) is 9.59 Å². The van der Waals surface area contributed by atoms with Crippen molar-refractivity contribution in [3.05, 3.63) is 0 Å². The van der Waals surface area contributed by atoms with E-state index in [1.165, 1.54) is 12.8 Å². The third kappa shape index (κ3) is 11.8. The van der Waals surface area contributed by atoms with E-state index in [0.717, 1.165) is 19.3 Å². The molecule has 5 nitrogen and oxygen atoms in total. The number of carbonyl (C=O) groups excluding carboxylic acids is 1. The lowest BCUT2D eigenvalue weighted by molar-refractivity contribution is -0.137. The van der Waals surface area contributed by atoms with Gasteiger partial charge in [0.1, 0.15) is 5.60 Å². The number of alkyl carbamates (subject to hydrolysis) is 1. The van der Waals surface area contributed by atoms with Gasteiger partial charge in [0, 0.05) is 6.04 Å². The SMILES string of the molecule is CCCCCCC[C@H](CC(=O)O)NC(=O)OC(C)(C)C. The minimum absolute atomic E-state index is 0.0625. The molecule has 1 amide bonds. The summed E-state index contributed by atoms with van der Waals surface area (Å²) in [6.45, 7) is 7.49. The van der Waals surface area contributed by atoms with Crippen LogP contribution in [0.5, 0.6) is 0 Å². The first-order chi connectivity index (χ1) is 9.24. The summed E-state index contributed by atoms with van der Waals surface area (Å²) >= 11 is 0. The zero-order valence-electron chi connectivity index (χ0n) is 13.2. The summed E-state index contributed by atoms with van der Waals surface area (Å²) in [6, 6.07) is -0.357. The molecule has 0 fully saturated rings. The summed E-state index contributed by atoms with van der Waals surface area (Å²) in [5, 5.41) is 11.5. The Bertz CT molecular complexity index is 297. The first kappa shape index (κ1) is 18.7. The Morgan fingerprint density at radius 1 is 1.15 bits per heavy atom. The topological polar surface area (TPSA) is 75.6 Å². The van der Waals surface area contributed by atoms with Gasteiger partial charge in [-0.15, -0.1) is 0 Å². The molecule has 0 rings (SSSR count). The molecule has 0 aromatic carbocycles. The molecule has 1 atom stereocenters. The number of hydrogen-bond donors (Lipinski definition) is 2. The Hall–Kier alpha value is -1.26. The van der Waals surface area contributed by atoms with Gasteiger partial charge in [-0.3, -0.25) is 4.79 Å². The standard InChI is InChI=1S/C15H29NO4/c1-5-6-7-8-9-10-12(11-13(17)18)16-14(19)20-15(2,3)4/h12H,5-11H2,1-4H3,(H,16,19)(H,17,18)/t12-/m1/s1. The number of carbonyl (C=O) groups is 2. The largest absolute Gasteiger partial charge is 0.481 e. The summed E-state index contributed by atoms with van der Waals surface area (Å²) in [7, 11) is 0. The smallest absolute Gasteiger partial charge is 0.407 e. The number of aliphatic carboxylic acids is 1. The molecule has 118 valence electrons. The maximum atomic E-state index is 11.7. The minimum Gasteiger partial charge on any atom is -0.481 e. The van der Waals surface area contributed by atoms with Gasteiger partial charge in [0.05, 0.1) is 6.42 Å². The van der Waals surface area contributed by atoms with Gasteiger partial charge in [-0.2, -0.15) is 0 Å². The van der Waals surface area contributed by atoms with E-state index >= 15 is 0 Å². The average Bonchev–Trinajstić information content (AvgIpc) is 2.24. The molecule has 2 N–H and O–H groups in total. The second-order valence-electron chi connectivity index (χ2n) is 6.14. The van der Waals surface area contributed by atoms with E-state index in [4.69, 9.17) is 9.84 Å². The van der Waals surface area contributed by atoms with Crippen molar-refractivity contribution in [2.45, 2.75) is 84.3 Å². The van der Waals surface area contributed by atoms with Crippen molar-refractivity contribution in [2.24, 2.45) is 0 Å². The highest BCUT2D eigenvalue weighted by Gasteiger charge is 2.20. The highest BCUT2D eigenvalue weighted by molar-refractivity contribution is 5.71. The van der Waals surface area contributed by atoms with E-state index < -0.39 is 17.7 Å². The van der Waals surface area contributed by atoms with Crippen molar-refractivity contribution in [3.8, 4) is 0 Å². The number of unbranched alkanes of at least 4 members (excludes halogenated alkanes) is 4. The molecule has 0 aliphatic heterocycles.